The second-order valence-corrected chi connectivity index (χ2v) is 6.70. The zero-order valence-corrected chi connectivity index (χ0v) is 16.3. The van der Waals surface area contributed by atoms with E-state index in [0.29, 0.717) is 26.8 Å². The molecule has 0 aliphatic rings. The SMILES string of the molecule is COC(=O)c1cc(-c2cnc(/C=C(/C)[CH]=[W])[nH]2)c(C(O)CO)s1. The number of aliphatic hydroxyl groups excluding tert-OH is 2. The van der Waals surface area contributed by atoms with Crippen molar-refractivity contribution in [3.05, 3.63) is 33.4 Å². The van der Waals surface area contributed by atoms with Crippen LogP contribution in [0.15, 0.2) is 17.8 Å². The summed E-state index contributed by atoms with van der Waals surface area (Å²) in [6.07, 6.45) is 2.48. The minimum absolute atomic E-state index is 0.360. The first-order valence-corrected chi connectivity index (χ1v) is 9.21. The molecule has 0 saturated carbocycles. The van der Waals surface area contributed by atoms with Gasteiger partial charge < -0.3 is 0 Å². The zero-order valence-electron chi connectivity index (χ0n) is 12.6. The Kier molecular flexibility index (Phi) is 6.18. The van der Waals surface area contributed by atoms with Gasteiger partial charge in [-0.15, -0.1) is 0 Å². The number of methoxy groups -OCH3 is 1. The van der Waals surface area contributed by atoms with E-state index in [2.05, 4.69) is 9.97 Å². The van der Waals surface area contributed by atoms with Crippen molar-refractivity contribution in [2.24, 2.45) is 0 Å². The van der Waals surface area contributed by atoms with Crippen molar-refractivity contribution >= 4 is 27.8 Å². The molecule has 2 rings (SSSR count). The van der Waals surface area contributed by atoms with Gasteiger partial charge in [-0.25, -0.2) is 0 Å². The van der Waals surface area contributed by atoms with E-state index >= 15 is 0 Å². The van der Waals surface area contributed by atoms with Crippen molar-refractivity contribution in [1.29, 1.82) is 0 Å². The summed E-state index contributed by atoms with van der Waals surface area (Å²) in [5.41, 5.74) is 2.39. The Hall–Kier alpha value is -1.40. The maximum absolute atomic E-state index is 11.7. The fourth-order valence-electron chi connectivity index (χ4n) is 1.94. The molecule has 6 nitrogen and oxygen atoms in total. The van der Waals surface area contributed by atoms with Crippen LogP contribution in [0, 0.1) is 0 Å². The number of carbonyl (C=O) groups excluding carboxylic acids is 1. The molecule has 0 bridgehead atoms. The number of nitrogens with zero attached hydrogens (tertiary/aromatic N) is 1. The van der Waals surface area contributed by atoms with E-state index in [0.717, 1.165) is 16.9 Å². The van der Waals surface area contributed by atoms with Gasteiger partial charge in [0, 0.05) is 0 Å². The van der Waals surface area contributed by atoms with Gasteiger partial charge in [0.1, 0.15) is 0 Å². The van der Waals surface area contributed by atoms with Gasteiger partial charge in [-0.3, -0.25) is 0 Å². The van der Waals surface area contributed by atoms with Crippen LogP contribution in [0.4, 0.5) is 0 Å². The minimum atomic E-state index is -1.06. The summed E-state index contributed by atoms with van der Waals surface area (Å²) in [4.78, 5) is 20.0. The number of hydrogen-bond acceptors (Lipinski definition) is 6. The normalized spacial score (nSPS) is 13.0. The Labute approximate surface area is 148 Å². The maximum atomic E-state index is 11.7. The van der Waals surface area contributed by atoms with Gasteiger partial charge in [-0.2, -0.15) is 0 Å². The molecule has 0 fully saturated rings. The van der Waals surface area contributed by atoms with Gasteiger partial charge in [0.05, 0.1) is 0 Å². The molecule has 1 atom stereocenters. The van der Waals surface area contributed by atoms with Crippen LogP contribution in [0.25, 0.3) is 17.3 Å². The molecule has 2 heterocycles. The molecule has 0 spiro atoms. The summed E-state index contributed by atoms with van der Waals surface area (Å²) in [5.74, 6) is 0.205. The molecule has 2 aromatic rings. The Bertz CT molecular complexity index is 750. The van der Waals surface area contributed by atoms with Gasteiger partial charge in [-0.05, 0) is 0 Å². The van der Waals surface area contributed by atoms with Crippen molar-refractivity contribution in [2.45, 2.75) is 13.0 Å². The predicted octanol–water partition coefficient (Wildman–Crippen LogP) is 1.70. The van der Waals surface area contributed by atoms with E-state index in [1.807, 2.05) is 17.4 Å². The molecule has 0 aliphatic carbocycles. The number of thiophene rings is 1. The number of ether oxygens (including phenoxy) is 1. The van der Waals surface area contributed by atoms with Crippen LogP contribution in [0.1, 0.15) is 33.4 Å². The quantitative estimate of drug-likeness (QED) is 0.521. The first kappa shape index (κ1) is 17.9. The molecule has 1 unspecified atom stereocenters. The Morgan fingerprint density at radius 3 is 2.96 bits per heavy atom. The predicted molar refractivity (Wildman–Crippen MR) is 85.0 cm³/mol. The number of H-pyrrole nitrogens is 1. The molecule has 8 heteroatoms. The van der Waals surface area contributed by atoms with E-state index < -0.39 is 18.7 Å². The molecule has 0 amide bonds. The van der Waals surface area contributed by atoms with Crippen LogP contribution in [0.5, 0.6) is 0 Å². The Morgan fingerprint density at radius 1 is 1.61 bits per heavy atom. The van der Waals surface area contributed by atoms with Gasteiger partial charge in [-0.1, -0.05) is 0 Å². The summed E-state index contributed by atoms with van der Waals surface area (Å²) in [6.45, 7) is 1.55. The number of imidazole rings is 1. The first-order valence-electron chi connectivity index (χ1n) is 6.70. The second kappa shape index (κ2) is 7.92. The van der Waals surface area contributed by atoms with Crippen LogP contribution in [-0.4, -0.2) is 44.3 Å². The number of esters is 1. The molecule has 122 valence electrons. The van der Waals surface area contributed by atoms with Crippen molar-refractivity contribution < 1.29 is 39.1 Å². The summed E-state index contributed by atoms with van der Waals surface area (Å²) in [6, 6.07) is 1.63. The van der Waals surface area contributed by atoms with Gasteiger partial charge in [0.15, 0.2) is 0 Å². The van der Waals surface area contributed by atoms with Gasteiger partial charge in [0.25, 0.3) is 0 Å². The fourth-order valence-corrected chi connectivity index (χ4v) is 3.26. The third kappa shape index (κ3) is 4.12. The number of aliphatic hydroxyl groups is 2. The van der Waals surface area contributed by atoms with Crippen LogP contribution in [0.2, 0.25) is 0 Å². The number of rotatable bonds is 6. The monoisotopic (exact) mass is 504 g/mol. The fraction of sp³-hybridized carbons (Fsp3) is 0.267. The Balaban J connectivity index is 2.47. The third-order valence-corrected chi connectivity index (χ3v) is 5.61. The second-order valence-electron chi connectivity index (χ2n) is 4.77. The molecule has 3 N–H and O–H groups in total. The van der Waals surface area contributed by atoms with Crippen LogP contribution in [0.3, 0.4) is 0 Å². The number of aromatic nitrogens is 2. The number of carbonyl (C=O) groups is 1. The molecule has 0 saturated heterocycles. The van der Waals surface area contributed by atoms with Crippen LogP contribution in [-0.2, 0) is 24.1 Å². The molecule has 23 heavy (non-hydrogen) atoms. The van der Waals surface area contributed by atoms with Crippen molar-refractivity contribution in [3.63, 3.8) is 0 Å². The number of nitrogens with one attached hydrogen (secondary N) is 1. The molecular formula is C15H16N2O4SW. The number of allylic oxidation sites excluding steroid dienone is 1. The summed E-state index contributed by atoms with van der Waals surface area (Å²) < 4.78 is 6.76. The standard InChI is InChI=1S/C15H16N2O4S.W/c1-8(2)4-13-16-6-10(17-13)9-5-12(15(20)21-3)22-14(9)11(19)7-18;/h1,4-6,11,18-19H,7H2,2-3H3,(H,16,17);/b8-4+;. The van der Waals surface area contributed by atoms with Crippen LogP contribution < -0.4 is 0 Å². The van der Waals surface area contributed by atoms with E-state index in [1.54, 1.807) is 12.3 Å². The topological polar surface area (TPSA) is 95.4 Å². The van der Waals surface area contributed by atoms with Crippen molar-refractivity contribution in [1.82, 2.24) is 9.97 Å². The van der Waals surface area contributed by atoms with Crippen molar-refractivity contribution in [2.75, 3.05) is 13.7 Å². The van der Waals surface area contributed by atoms with Crippen molar-refractivity contribution in [3.8, 4) is 11.3 Å². The summed E-state index contributed by atoms with van der Waals surface area (Å²) in [5, 5.41) is 19.2. The van der Waals surface area contributed by atoms with E-state index in [9.17, 15) is 15.0 Å². The summed E-state index contributed by atoms with van der Waals surface area (Å²) in [7, 11) is 1.30. The van der Waals surface area contributed by atoms with E-state index in [1.165, 1.54) is 26.5 Å². The van der Waals surface area contributed by atoms with Gasteiger partial charge in [0.2, 0.25) is 0 Å². The summed E-state index contributed by atoms with van der Waals surface area (Å²) >= 11 is 2.45. The van der Waals surface area contributed by atoms with E-state index in [-0.39, 0.29) is 0 Å². The first-order chi connectivity index (χ1) is 11.0. The number of aromatic amines is 1. The zero-order chi connectivity index (χ0) is 17.0. The average Bonchev–Trinajstić information content (AvgIpc) is 3.19. The molecule has 0 aromatic carbocycles. The average molecular weight is 504 g/mol. The molecule has 0 radical (unpaired) electrons. The van der Waals surface area contributed by atoms with Crippen LogP contribution >= 0.6 is 11.3 Å². The van der Waals surface area contributed by atoms with E-state index in [4.69, 9.17) is 4.74 Å². The number of hydrogen-bond donors (Lipinski definition) is 3. The van der Waals surface area contributed by atoms with Gasteiger partial charge >= 0.3 is 148 Å². The third-order valence-electron chi connectivity index (χ3n) is 3.06. The Morgan fingerprint density at radius 2 is 2.35 bits per heavy atom. The molecular weight excluding hydrogens is 488 g/mol. The molecule has 0 aliphatic heterocycles. The molecule has 2 aromatic heterocycles.